The molecular weight excluding hydrogens is 194 g/mol. The van der Waals surface area contributed by atoms with Gasteiger partial charge in [0.2, 0.25) is 0 Å². The topological polar surface area (TPSA) is 12.0 Å². The average Bonchev–Trinajstić information content (AvgIpc) is 3.09. The van der Waals surface area contributed by atoms with Crippen LogP contribution in [-0.2, 0) is 6.42 Å². The number of hydrogen-bond acceptors (Lipinski definition) is 1. The zero-order valence-electron chi connectivity index (χ0n) is 10.7. The van der Waals surface area contributed by atoms with Gasteiger partial charge in [0.05, 0.1) is 0 Å². The molecule has 1 atom stereocenters. The molecule has 0 saturated heterocycles. The highest BCUT2D eigenvalue weighted by Gasteiger charge is 2.26. The molecule has 0 spiro atoms. The Kier molecular flexibility index (Phi) is 3.65. The summed E-state index contributed by atoms with van der Waals surface area (Å²) in [6, 6.07) is 10.4. The summed E-state index contributed by atoms with van der Waals surface area (Å²) in [6.07, 6.45) is 3.84. The third kappa shape index (κ3) is 2.85. The van der Waals surface area contributed by atoms with Crippen molar-refractivity contribution in [3.05, 3.63) is 35.4 Å². The Morgan fingerprint density at radius 1 is 1.19 bits per heavy atom. The number of hydrogen-bond donors (Lipinski definition) is 1. The van der Waals surface area contributed by atoms with E-state index in [0.717, 1.165) is 12.5 Å². The van der Waals surface area contributed by atoms with Crippen molar-refractivity contribution in [2.75, 3.05) is 0 Å². The Balaban J connectivity index is 2.10. The fourth-order valence-electron chi connectivity index (χ4n) is 2.14. The Morgan fingerprint density at radius 3 is 2.25 bits per heavy atom. The van der Waals surface area contributed by atoms with Gasteiger partial charge in [-0.1, -0.05) is 45.0 Å². The van der Waals surface area contributed by atoms with Gasteiger partial charge in [0, 0.05) is 12.1 Å². The molecule has 0 aromatic heterocycles. The average molecular weight is 217 g/mol. The van der Waals surface area contributed by atoms with Gasteiger partial charge in [-0.2, -0.15) is 0 Å². The van der Waals surface area contributed by atoms with Crippen LogP contribution in [0, 0.1) is 5.92 Å². The van der Waals surface area contributed by atoms with Crippen molar-refractivity contribution >= 4 is 0 Å². The summed E-state index contributed by atoms with van der Waals surface area (Å²) in [5.74, 6) is 0.660. The lowest BCUT2D eigenvalue weighted by Gasteiger charge is -2.23. The van der Waals surface area contributed by atoms with Crippen LogP contribution in [0.15, 0.2) is 24.3 Å². The van der Waals surface area contributed by atoms with Gasteiger partial charge in [0.25, 0.3) is 0 Å². The summed E-state index contributed by atoms with van der Waals surface area (Å²) >= 11 is 0. The highest BCUT2D eigenvalue weighted by Crippen LogP contribution is 2.28. The van der Waals surface area contributed by atoms with E-state index >= 15 is 0 Å². The van der Waals surface area contributed by atoms with Gasteiger partial charge in [0.15, 0.2) is 0 Å². The van der Waals surface area contributed by atoms with Gasteiger partial charge in [-0.3, -0.25) is 0 Å². The summed E-state index contributed by atoms with van der Waals surface area (Å²) in [5.41, 5.74) is 2.87. The van der Waals surface area contributed by atoms with Crippen molar-refractivity contribution in [3.8, 4) is 0 Å². The van der Waals surface area contributed by atoms with Gasteiger partial charge in [-0.15, -0.1) is 0 Å². The highest BCUT2D eigenvalue weighted by molar-refractivity contribution is 5.25. The predicted molar refractivity (Wildman–Crippen MR) is 69.6 cm³/mol. The van der Waals surface area contributed by atoms with Crippen LogP contribution in [0.2, 0.25) is 0 Å². The van der Waals surface area contributed by atoms with Crippen LogP contribution in [0.3, 0.4) is 0 Å². The zero-order chi connectivity index (χ0) is 11.5. The fraction of sp³-hybridized carbons (Fsp3) is 0.600. The molecule has 1 fully saturated rings. The van der Waals surface area contributed by atoms with Crippen molar-refractivity contribution in [1.29, 1.82) is 0 Å². The summed E-state index contributed by atoms with van der Waals surface area (Å²) in [6.45, 7) is 6.80. The van der Waals surface area contributed by atoms with Crippen LogP contribution in [0.4, 0.5) is 0 Å². The summed E-state index contributed by atoms with van der Waals surface area (Å²) in [7, 11) is 0. The van der Waals surface area contributed by atoms with E-state index in [9.17, 15) is 0 Å². The molecule has 1 aliphatic rings. The van der Waals surface area contributed by atoms with Crippen LogP contribution in [0.1, 0.15) is 50.8 Å². The molecule has 1 N–H and O–H groups in total. The third-order valence-electron chi connectivity index (χ3n) is 3.41. The first-order chi connectivity index (χ1) is 7.70. The maximum Gasteiger partial charge on any atom is 0.0345 e. The molecule has 1 saturated carbocycles. The number of aryl methyl sites for hydroxylation is 1. The summed E-state index contributed by atoms with van der Waals surface area (Å²) in [5, 5.41) is 3.74. The first kappa shape index (κ1) is 11.7. The molecule has 0 heterocycles. The lowest BCUT2D eigenvalue weighted by molar-refractivity contribution is 0.409. The largest absolute Gasteiger partial charge is 0.307 e. The van der Waals surface area contributed by atoms with E-state index < -0.39 is 0 Å². The Labute approximate surface area is 99.3 Å². The minimum absolute atomic E-state index is 0.526. The van der Waals surface area contributed by atoms with Crippen molar-refractivity contribution in [2.45, 2.75) is 52.1 Å². The number of rotatable bonds is 5. The predicted octanol–water partition coefficient (Wildman–Crippen LogP) is 3.70. The lowest BCUT2D eigenvalue weighted by Crippen LogP contribution is -2.27. The second kappa shape index (κ2) is 5.01. The Morgan fingerprint density at radius 2 is 1.81 bits per heavy atom. The van der Waals surface area contributed by atoms with E-state index in [-0.39, 0.29) is 0 Å². The first-order valence-electron chi connectivity index (χ1n) is 6.55. The van der Waals surface area contributed by atoms with E-state index in [4.69, 9.17) is 0 Å². The van der Waals surface area contributed by atoms with Crippen molar-refractivity contribution in [2.24, 2.45) is 5.92 Å². The smallest absolute Gasteiger partial charge is 0.0345 e. The second-order valence-corrected chi connectivity index (χ2v) is 5.26. The maximum atomic E-state index is 3.74. The molecule has 1 nitrogen and oxygen atoms in total. The summed E-state index contributed by atoms with van der Waals surface area (Å²) < 4.78 is 0. The molecule has 88 valence electrons. The molecule has 1 aromatic rings. The molecule has 1 aromatic carbocycles. The van der Waals surface area contributed by atoms with Crippen molar-refractivity contribution < 1.29 is 0 Å². The highest BCUT2D eigenvalue weighted by atomic mass is 15.0. The van der Waals surface area contributed by atoms with E-state index in [2.05, 4.69) is 50.4 Å². The minimum atomic E-state index is 0.526. The molecule has 0 amide bonds. The molecule has 2 rings (SSSR count). The van der Waals surface area contributed by atoms with Gasteiger partial charge < -0.3 is 5.32 Å². The minimum Gasteiger partial charge on any atom is -0.307 e. The zero-order valence-corrected chi connectivity index (χ0v) is 10.7. The lowest BCUT2D eigenvalue weighted by atomic mass is 9.95. The number of nitrogens with one attached hydrogen (secondary N) is 1. The van der Waals surface area contributed by atoms with Gasteiger partial charge in [-0.25, -0.2) is 0 Å². The van der Waals surface area contributed by atoms with Gasteiger partial charge >= 0.3 is 0 Å². The first-order valence-corrected chi connectivity index (χ1v) is 6.55. The number of benzene rings is 1. The Bertz CT molecular complexity index is 322. The molecule has 1 aliphatic carbocycles. The molecule has 0 aliphatic heterocycles. The quantitative estimate of drug-likeness (QED) is 0.793. The van der Waals surface area contributed by atoms with E-state index in [1.807, 2.05) is 0 Å². The molecule has 1 heteroatoms. The SMILES string of the molecule is CCc1ccc(C(NC2CC2)C(C)C)cc1. The third-order valence-corrected chi connectivity index (χ3v) is 3.41. The van der Waals surface area contributed by atoms with Crippen molar-refractivity contribution in [3.63, 3.8) is 0 Å². The standard InChI is InChI=1S/C15H23N/c1-4-12-5-7-13(8-6-12)15(11(2)3)16-14-9-10-14/h5-8,11,14-16H,4,9-10H2,1-3H3. The van der Waals surface area contributed by atoms with Crippen LogP contribution in [0.5, 0.6) is 0 Å². The normalized spacial score (nSPS) is 17.8. The fourth-order valence-corrected chi connectivity index (χ4v) is 2.14. The monoisotopic (exact) mass is 217 g/mol. The molecule has 1 unspecified atom stereocenters. The molecule has 16 heavy (non-hydrogen) atoms. The van der Waals surface area contributed by atoms with Gasteiger partial charge in [-0.05, 0) is 36.3 Å². The van der Waals surface area contributed by atoms with Gasteiger partial charge in [0.1, 0.15) is 0 Å². The Hall–Kier alpha value is -0.820. The maximum absolute atomic E-state index is 3.74. The second-order valence-electron chi connectivity index (χ2n) is 5.26. The molecular formula is C15H23N. The van der Waals surface area contributed by atoms with E-state index in [0.29, 0.717) is 12.0 Å². The van der Waals surface area contributed by atoms with E-state index in [1.165, 1.54) is 24.0 Å². The van der Waals surface area contributed by atoms with Crippen molar-refractivity contribution in [1.82, 2.24) is 5.32 Å². The molecule has 0 bridgehead atoms. The summed E-state index contributed by atoms with van der Waals surface area (Å²) in [4.78, 5) is 0. The van der Waals surface area contributed by atoms with Crippen LogP contribution in [0.25, 0.3) is 0 Å². The van der Waals surface area contributed by atoms with E-state index in [1.54, 1.807) is 0 Å². The molecule has 0 radical (unpaired) electrons. The van der Waals surface area contributed by atoms with Crippen LogP contribution in [-0.4, -0.2) is 6.04 Å². The van der Waals surface area contributed by atoms with Crippen LogP contribution < -0.4 is 5.32 Å². The van der Waals surface area contributed by atoms with Crippen LogP contribution >= 0.6 is 0 Å².